The van der Waals surface area contributed by atoms with Crippen LogP contribution < -0.4 is 5.73 Å². The van der Waals surface area contributed by atoms with E-state index in [4.69, 9.17) is 10.9 Å². The molecule has 3 N–H and O–H groups in total. The van der Waals surface area contributed by atoms with Gasteiger partial charge in [0.25, 0.3) is 0 Å². The van der Waals surface area contributed by atoms with Gasteiger partial charge < -0.3 is 5.73 Å². The van der Waals surface area contributed by atoms with Gasteiger partial charge in [-0.2, -0.15) is 0 Å². The molecule has 62 valence electrons. The predicted molar refractivity (Wildman–Crippen MR) is 31.8 cm³/mol. The van der Waals surface area contributed by atoms with E-state index in [1.807, 2.05) is 0 Å². The maximum atomic E-state index is 9.89. The summed E-state index contributed by atoms with van der Waals surface area (Å²) in [5.74, 6) is -0.715. The Labute approximate surface area is 60.3 Å². The highest BCUT2D eigenvalue weighted by atomic mass is 16.7. The largest absolute Gasteiger partial charge is 0.391 e. The second-order valence-corrected chi connectivity index (χ2v) is 1.47. The van der Waals surface area contributed by atoms with Gasteiger partial charge >= 0.3 is 11.0 Å². The van der Waals surface area contributed by atoms with Gasteiger partial charge in [0.1, 0.15) is 10.0 Å². The number of nitro groups is 1. The molecule has 0 atom stereocenters. The molecule has 0 unspecified atom stereocenters. The van der Waals surface area contributed by atoms with Crippen LogP contribution in [0.5, 0.6) is 0 Å². The predicted octanol–water partition coefficient (Wildman–Crippen LogP) is -1.49. The van der Waals surface area contributed by atoms with E-state index >= 15 is 0 Å². The van der Waals surface area contributed by atoms with Crippen LogP contribution in [0.25, 0.3) is 0 Å². The standard InChI is InChI=1S/C2H6N5O4/c1-5(7(10)11)2(3)4-6(8)9/h1H3,(H2,3,4)(H,8,9)/q+1. The van der Waals surface area contributed by atoms with Gasteiger partial charge in [0, 0.05) is 0 Å². The van der Waals surface area contributed by atoms with Gasteiger partial charge in [0.15, 0.2) is 5.03 Å². The summed E-state index contributed by atoms with van der Waals surface area (Å²) >= 11 is 0. The molecule has 0 amide bonds. The smallest absolute Gasteiger partial charge is 0.360 e. The Morgan fingerprint density at radius 1 is 1.73 bits per heavy atom. The van der Waals surface area contributed by atoms with Crippen LogP contribution in [-0.2, 0) is 0 Å². The second kappa shape index (κ2) is 3.29. The van der Waals surface area contributed by atoms with Crippen LogP contribution in [0.4, 0.5) is 0 Å². The Kier molecular flexibility index (Phi) is 2.71. The van der Waals surface area contributed by atoms with Crippen LogP contribution in [0.3, 0.4) is 0 Å². The highest BCUT2D eigenvalue weighted by Gasteiger charge is 2.17. The first kappa shape index (κ1) is 9.07. The number of nitrogens with two attached hydrogens (primary N) is 1. The van der Waals surface area contributed by atoms with Crippen molar-refractivity contribution < 1.29 is 15.3 Å². The van der Waals surface area contributed by atoms with E-state index in [9.17, 15) is 15.0 Å². The molecule has 0 aliphatic rings. The number of rotatable bonds is 2. The normalized spacial score (nSPS) is 10.8. The Balaban J connectivity index is 4.35. The summed E-state index contributed by atoms with van der Waals surface area (Å²) in [5.41, 5.74) is 4.85. The van der Waals surface area contributed by atoms with Gasteiger partial charge in [-0.25, -0.2) is 15.3 Å². The zero-order valence-electron chi connectivity index (χ0n) is 5.54. The van der Waals surface area contributed by atoms with E-state index in [1.54, 1.807) is 0 Å². The third kappa shape index (κ3) is 2.93. The molecule has 9 nitrogen and oxygen atoms in total. The molecule has 0 radical (unpaired) electrons. The third-order valence-electron chi connectivity index (χ3n) is 0.765. The molecule has 0 saturated heterocycles. The molecular weight excluding hydrogens is 158 g/mol. The minimum atomic E-state index is -0.900. The van der Waals surface area contributed by atoms with Crippen molar-refractivity contribution in [2.75, 3.05) is 7.05 Å². The Bertz CT molecular complexity index is 211. The minimum Gasteiger partial charge on any atom is -0.360 e. The van der Waals surface area contributed by atoms with E-state index in [0.29, 0.717) is 0 Å². The van der Waals surface area contributed by atoms with Gasteiger partial charge in [-0.1, -0.05) is 5.01 Å². The second-order valence-electron chi connectivity index (χ2n) is 1.47. The van der Waals surface area contributed by atoms with E-state index in [-0.39, 0.29) is 5.01 Å². The molecule has 11 heavy (non-hydrogen) atoms. The van der Waals surface area contributed by atoms with Crippen molar-refractivity contribution >= 4 is 5.96 Å². The molecule has 0 aromatic carbocycles. The quantitative estimate of drug-likeness (QED) is 0.221. The first-order chi connectivity index (χ1) is 4.95. The molecule has 0 bridgehead atoms. The monoisotopic (exact) mass is 164 g/mol. The lowest BCUT2D eigenvalue weighted by Crippen LogP contribution is -2.38. The van der Waals surface area contributed by atoms with E-state index in [1.165, 1.54) is 0 Å². The lowest BCUT2D eigenvalue weighted by molar-refractivity contribution is -0.797. The molecule has 0 aliphatic heterocycles. The van der Waals surface area contributed by atoms with Crippen LogP contribution in [-0.4, -0.2) is 33.3 Å². The maximum absolute atomic E-state index is 9.89. The summed E-state index contributed by atoms with van der Waals surface area (Å²) in [6.07, 6.45) is 0. The minimum absolute atomic E-state index is 0.279. The van der Waals surface area contributed by atoms with Crippen LogP contribution in [0.1, 0.15) is 0 Å². The number of hydrogen-bond acceptors (Lipinski definition) is 3. The number of nitrogens with zero attached hydrogens (tertiary/aromatic N) is 4. The fraction of sp³-hybridized carbons (Fsp3) is 0.500. The van der Waals surface area contributed by atoms with E-state index in [2.05, 4.69) is 5.10 Å². The molecule has 0 aromatic rings. The Hall–Kier alpha value is -1.93. The van der Waals surface area contributed by atoms with Gasteiger partial charge in [-0.05, 0) is 0 Å². The zero-order valence-corrected chi connectivity index (χ0v) is 5.54. The summed E-state index contributed by atoms with van der Waals surface area (Å²) in [6.45, 7) is 0. The average molecular weight is 164 g/mol. The highest BCUT2D eigenvalue weighted by Crippen LogP contribution is 1.81. The van der Waals surface area contributed by atoms with Crippen molar-refractivity contribution in [2.24, 2.45) is 10.8 Å². The Morgan fingerprint density at radius 2 is 2.18 bits per heavy atom. The fourth-order valence-electron chi connectivity index (χ4n) is 0.236. The zero-order chi connectivity index (χ0) is 9.02. The van der Waals surface area contributed by atoms with E-state index < -0.39 is 16.0 Å². The van der Waals surface area contributed by atoms with Crippen molar-refractivity contribution in [3.05, 3.63) is 15.0 Å². The van der Waals surface area contributed by atoms with Crippen LogP contribution in [0.15, 0.2) is 5.10 Å². The molecule has 0 spiro atoms. The van der Waals surface area contributed by atoms with Crippen LogP contribution in [0, 0.1) is 15.0 Å². The van der Waals surface area contributed by atoms with Crippen molar-refractivity contribution in [2.45, 2.75) is 0 Å². The summed E-state index contributed by atoms with van der Waals surface area (Å²) in [6, 6.07) is 0. The lowest BCUT2D eigenvalue weighted by atomic mass is 10.9. The molecule has 0 heterocycles. The third-order valence-corrected chi connectivity index (χ3v) is 0.765. The van der Waals surface area contributed by atoms with Gasteiger partial charge in [0.05, 0.1) is 7.05 Å². The summed E-state index contributed by atoms with van der Waals surface area (Å²) in [5, 5.41) is 18.9. The summed E-state index contributed by atoms with van der Waals surface area (Å²) < 4.78 is 0. The van der Waals surface area contributed by atoms with Crippen molar-refractivity contribution in [1.82, 2.24) is 5.01 Å². The number of hydrogen-bond donors (Lipinski definition) is 2. The molecule has 0 saturated carbocycles. The first-order valence-electron chi connectivity index (χ1n) is 2.33. The van der Waals surface area contributed by atoms with E-state index in [0.717, 1.165) is 7.05 Å². The highest BCUT2D eigenvalue weighted by molar-refractivity contribution is 5.75. The van der Waals surface area contributed by atoms with Crippen LogP contribution >= 0.6 is 0 Å². The van der Waals surface area contributed by atoms with Crippen LogP contribution in [0.2, 0.25) is 0 Å². The fourth-order valence-corrected chi connectivity index (χ4v) is 0.236. The molecule has 0 fully saturated rings. The topological polar surface area (TPSA) is 125 Å². The Morgan fingerprint density at radius 3 is 2.45 bits per heavy atom. The van der Waals surface area contributed by atoms with Crippen molar-refractivity contribution in [3.8, 4) is 0 Å². The van der Waals surface area contributed by atoms with Gasteiger partial charge in [-0.15, -0.1) is 0 Å². The number of guanidine groups is 1. The molecule has 9 heteroatoms. The molecule has 0 aromatic heterocycles. The average Bonchev–Trinajstić information content (AvgIpc) is 1.84. The molecule has 0 aliphatic carbocycles. The summed E-state index contributed by atoms with van der Waals surface area (Å²) in [7, 11) is 0.975. The lowest BCUT2D eigenvalue weighted by Gasteiger charge is -2.00. The van der Waals surface area contributed by atoms with Gasteiger partial charge in [-0.3, -0.25) is 0 Å². The first-order valence-corrected chi connectivity index (χ1v) is 2.33. The van der Waals surface area contributed by atoms with Crippen molar-refractivity contribution in [3.63, 3.8) is 0 Å². The number of hydrazine groups is 1. The maximum Gasteiger partial charge on any atom is 0.391 e. The molecule has 0 rings (SSSR count). The summed E-state index contributed by atoms with van der Waals surface area (Å²) in [4.78, 5) is 19.6. The van der Waals surface area contributed by atoms with Gasteiger partial charge in [0.2, 0.25) is 0 Å². The van der Waals surface area contributed by atoms with Crippen molar-refractivity contribution in [1.29, 1.82) is 0 Å². The number of hydrazone groups is 1. The SMILES string of the molecule is CN(/C(N)=N/[N+](=O)O)[N+](=O)[O-]. The molecular formula is C2H6N5O4+.